The largest absolute Gasteiger partial charge is 0.493 e. The third kappa shape index (κ3) is 3.66. The molecule has 0 aliphatic carbocycles. The maximum Gasteiger partial charge on any atom is 0.186 e. The zero-order chi connectivity index (χ0) is 18.7. The average molecular weight is 390 g/mol. The van der Waals surface area contributed by atoms with E-state index in [9.17, 15) is 4.79 Å². The van der Waals surface area contributed by atoms with Crippen LogP contribution in [0.4, 0.5) is 0 Å². The van der Waals surface area contributed by atoms with Crippen molar-refractivity contribution in [2.45, 2.75) is 26.2 Å². The number of Topliss-reactive ketones (excluding diaryl/α,β-unsaturated/α-hetero) is 1. The first-order valence-corrected chi connectivity index (χ1v) is 9.86. The molecule has 6 nitrogen and oxygen atoms in total. The molecule has 1 saturated heterocycles. The summed E-state index contributed by atoms with van der Waals surface area (Å²) in [4.78, 5) is 13.3. The molecular weight excluding hydrogens is 370 g/mol. The number of allylic oxidation sites excluding steroid dienone is 1. The lowest BCUT2D eigenvalue weighted by atomic mass is 10.1. The molecule has 0 saturated carbocycles. The van der Waals surface area contributed by atoms with Gasteiger partial charge in [0.05, 0.1) is 23.7 Å². The van der Waals surface area contributed by atoms with Gasteiger partial charge in [0.15, 0.2) is 17.3 Å². The second kappa shape index (κ2) is 8.01. The van der Waals surface area contributed by atoms with E-state index in [0.717, 1.165) is 17.0 Å². The predicted octanol–water partition coefficient (Wildman–Crippen LogP) is 3.93. The lowest BCUT2D eigenvalue weighted by Crippen LogP contribution is -2.11. The van der Waals surface area contributed by atoms with Crippen molar-refractivity contribution >= 4 is 40.0 Å². The molecule has 1 aromatic heterocycles. The Morgan fingerprint density at radius 3 is 2.73 bits per heavy atom. The molecular formula is C18H19N3O3S2. The first kappa shape index (κ1) is 18.6. The van der Waals surface area contributed by atoms with Gasteiger partial charge in [0.2, 0.25) is 0 Å². The first-order valence-electron chi connectivity index (χ1n) is 8.22. The molecule has 0 bridgehead atoms. The van der Waals surface area contributed by atoms with Crippen LogP contribution in [-0.4, -0.2) is 34.7 Å². The van der Waals surface area contributed by atoms with Crippen LogP contribution in [-0.2, 0) is 11.2 Å². The number of hydrogen-bond acceptors (Lipinski definition) is 8. The Balaban J connectivity index is 1.89. The summed E-state index contributed by atoms with van der Waals surface area (Å²) >= 11 is 2.58. The van der Waals surface area contributed by atoms with Crippen LogP contribution in [0.3, 0.4) is 0 Å². The summed E-state index contributed by atoms with van der Waals surface area (Å²) in [7, 11) is 1.59. The van der Waals surface area contributed by atoms with Crippen molar-refractivity contribution in [1.82, 2.24) is 10.2 Å². The predicted molar refractivity (Wildman–Crippen MR) is 104 cm³/mol. The highest BCUT2D eigenvalue weighted by Crippen LogP contribution is 2.42. The number of methoxy groups -OCH3 is 1. The van der Waals surface area contributed by atoms with E-state index in [1.54, 1.807) is 13.2 Å². The maximum absolute atomic E-state index is 12.8. The Morgan fingerprint density at radius 1 is 1.27 bits per heavy atom. The number of benzene rings is 1. The first-order chi connectivity index (χ1) is 12.6. The summed E-state index contributed by atoms with van der Waals surface area (Å²) in [5, 5.41) is 18.1. The molecule has 0 amide bonds. The second-order valence-electron chi connectivity index (χ2n) is 5.50. The molecule has 1 aliphatic rings. The fourth-order valence-electron chi connectivity index (χ4n) is 2.54. The van der Waals surface area contributed by atoms with Crippen molar-refractivity contribution in [3.63, 3.8) is 0 Å². The maximum atomic E-state index is 12.8. The van der Waals surface area contributed by atoms with Crippen LogP contribution < -0.4 is 9.47 Å². The van der Waals surface area contributed by atoms with Gasteiger partial charge in [-0.1, -0.05) is 24.8 Å². The van der Waals surface area contributed by atoms with Gasteiger partial charge in [-0.3, -0.25) is 10.2 Å². The van der Waals surface area contributed by atoms with Crippen LogP contribution in [0.15, 0.2) is 23.1 Å². The monoisotopic (exact) mass is 389 g/mol. The number of hydrogen-bond donors (Lipinski definition) is 1. The van der Waals surface area contributed by atoms with Crippen LogP contribution in [0, 0.1) is 5.41 Å². The van der Waals surface area contributed by atoms with Crippen LogP contribution >= 0.6 is 23.1 Å². The number of nitrogens with one attached hydrogen (secondary N) is 1. The summed E-state index contributed by atoms with van der Waals surface area (Å²) in [6, 6.07) is 5.50. The minimum Gasteiger partial charge on any atom is -0.493 e. The van der Waals surface area contributed by atoms with Crippen molar-refractivity contribution < 1.29 is 14.3 Å². The van der Waals surface area contributed by atoms with Crippen LogP contribution in [0.5, 0.6) is 11.5 Å². The number of nitrogens with zero attached hydrogens (tertiary/aromatic N) is 2. The number of carbonyl (C=O) groups excluding carboxylic acids is 1. The Kier molecular flexibility index (Phi) is 5.73. The lowest BCUT2D eigenvalue weighted by molar-refractivity contribution is -0.114. The third-order valence-corrected chi connectivity index (χ3v) is 5.93. The van der Waals surface area contributed by atoms with E-state index in [1.165, 1.54) is 23.1 Å². The fourth-order valence-corrected chi connectivity index (χ4v) is 4.50. The van der Waals surface area contributed by atoms with Crippen molar-refractivity contribution in [2.75, 3.05) is 13.7 Å². The highest BCUT2D eigenvalue weighted by molar-refractivity contribution is 8.19. The number of aromatic nitrogens is 2. The summed E-state index contributed by atoms with van der Waals surface area (Å²) in [5.74, 6) is 0.537. The topological polar surface area (TPSA) is 85.2 Å². The Bertz CT molecular complexity index is 876. The quantitative estimate of drug-likeness (QED) is 0.754. The molecule has 136 valence electrons. The minimum atomic E-state index is -0.631. The number of aryl methyl sites for hydroxylation is 1. The van der Waals surface area contributed by atoms with E-state index in [4.69, 9.17) is 14.9 Å². The lowest BCUT2D eigenvalue weighted by Gasteiger charge is -2.09. The molecule has 1 atom stereocenters. The van der Waals surface area contributed by atoms with E-state index in [0.29, 0.717) is 33.1 Å². The Morgan fingerprint density at radius 2 is 2.08 bits per heavy atom. The SMILES string of the molecule is CCOc1cc(C=C2SC(=N)C(c3nnc(CC)s3)C2=O)ccc1OC. The standard InChI is InChI=1S/C18H19N3O3S2/c1-4-14-20-21-18(26-14)15-16(22)13(25-17(15)19)9-10-6-7-11(23-3)12(8-10)24-5-2/h6-9,15,19H,4-5H2,1-3H3. The Hall–Kier alpha value is -2.19. The highest BCUT2D eigenvalue weighted by Gasteiger charge is 2.39. The molecule has 8 heteroatoms. The second-order valence-corrected chi connectivity index (χ2v) is 7.68. The molecule has 2 heterocycles. The smallest absolute Gasteiger partial charge is 0.186 e. The van der Waals surface area contributed by atoms with E-state index < -0.39 is 5.92 Å². The van der Waals surface area contributed by atoms with Crippen molar-refractivity contribution in [1.29, 1.82) is 5.41 Å². The van der Waals surface area contributed by atoms with Gasteiger partial charge in [0.1, 0.15) is 15.9 Å². The van der Waals surface area contributed by atoms with Gasteiger partial charge in [-0.05, 0) is 37.1 Å². The summed E-state index contributed by atoms with van der Waals surface area (Å²) in [6.45, 7) is 4.42. The summed E-state index contributed by atoms with van der Waals surface area (Å²) in [6.07, 6.45) is 2.55. The van der Waals surface area contributed by atoms with Crippen LogP contribution in [0.25, 0.3) is 6.08 Å². The molecule has 1 aliphatic heterocycles. The van der Waals surface area contributed by atoms with Gasteiger partial charge in [0.25, 0.3) is 0 Å². The number of ketones is 1. The Labute approximate surface area is 160 Å². The fraction of sp³-hybridized carbons (Fsp3) is 0.333. The van der Waals surface area contributed by atoms with Gasteiger partial charge in [0, 0.05) is 0 Å². The third-order valence-electron chi connectivity index (χ3n) is 3.80. The van der Waals surface area contributed by atoms with E-state index in [2.05, 4.69) is 10.2 Å². The van der Waals surface area contributed by atoms with Gasteiger partial charge < -0.3 is 9.47 Å². The molecule has 0 radical (unpaired) electrons. The van der Waals surface area contributed by atoms with E-state index in [1.807, 2.05) is 32.0 Å². The zero-order valence-electron chi connectivity index (χ0n) is 14.7. The zero-order valence-corrected chi connectivity index (χ0v) is 16.4. The molecule has 2 aromatic rings. The molecule has 1 fully saturated rings. The molecule has 1 unspecified atom stereocenters. The van der Waals surface area contributed by atoms with Gasteiger partial charge >= 0.3 is 0 Å². The van der Waals surface area contributed by atoms with E-state index >= 15 is 0 Å². The summed E-state index contributed by atoms with van der Waals surface area (Å²) < 4.78 is 10.9. The average Bonchev–Trinajstić information content (AvgIpc) is 3.20. The minimum absolute atomic E-state index is 0.104. The number of thioether (sulfide) groups is 1. The van der Waals surface area contributed by atoms with Crippen molar-refractivity contribution in [3.8, 4) is 11.5 Å². The van der Waals surface area contributed by atoms with Crippen molar-refractivity contribution in [2.24, 2.45) is 0 Å². The highest BCUT2D eigenvalue weighted by atomic mass is 32.2. The number of rotatable bonds is 6. The van der Waals surface area contributed by atoms with Crippen LogP contribution in [0.1, 0.15) is 35.3 Å². The molecule has 3 rings (SSSR count). The van der Waals surface area contributed by atoms with Crippen LogP contribution in [0.2, 0.25) is 0 Å². The molecule has 1 aromatic carbocycles. The van der Waals surface area contributed by atoms with Gasteiger partial charge in [-0.25, -0.2) is 0 Å². The number of carbonyl (C=O) groups is 1. The molecule has 1 N–H and O–H groups in total. The normalized spacial score (nSPS) is 18.6. The molecule has 26 heavy (non-hydrogen) atoms. The van der Waals surface area contributed by atoms with Gasteiger partial charge in [-0.15, -0.1) is 21.5 Å². The van der Waals surface area contributed by atoms with Crippen molar-refractivity contribution in [3.05, 3.63) is 38.7 Å². The van der Waals surface area contributed by atoms with Gasteiger partial charge in [-0.2, -0.15) is 0 Å². The van der Waals surface area contributed by atoms with E-state index in [-0.39, 0.29) is 5.78 Å². The summed E-state index contributed by atoms with van der Waals surface area (Å²) in [5.41, 5.74) is 0.824. The number of ether oxygens (including phenoxy) is 2. The molecule has 0 spiro atoms.